The Kier molecular flexibility index (Phi) is 5.77. The summed E-state index contributed by atoms with van der Waals surface area (Å²) in [7, 11) is 0. The number of likely N-dealkylation sites (tertiary alicyclic amines) is 1. The Hall–Kier alpha value is -2.65. The van der Waals surface area contributed by atoms with Crippen LogP contribution in [0.25, 0.3) is 0 Å². The highest BCUT2D eigenvalue weighted by Gasteiger charge is 2.65. The molecular weight excluding hydrogens is 416 g/mol. The van der Waals surface area contributed by atoms with E-state index in [9.17, 15) is 14.4 Å². The summed E-state index contributed by atoms with van der Waals surface area (Å²) in [4.78, 5) is 39.9. The zero-order valence-electron chi connectivity index (χ0n) is 18.0. The first-order valence-corrected chi connectivity index (χ1v) is 11.4. The summed E-state index contributed by atoms with van der Waals surface area (Å²) in [5, 5.41) is 0. The number of esters is 2. The highest BCUT2D eigenvalue weighted by Crippen LogP contribution is 2.51. The fraction of sp³-hybridized carbons (Fsp3) is 0.609. The van der Waals surface area contributed by atoms with Crippen LogP contribution in [0.1, 0.15) is 36.0 Å². The SMILES string of the molecule is O=C1OC2(OC1=O)C1CCCC1CN2CCCOc1ccc(C(=O)N2CCOCC2)cc1. The Labute approximate surface area is 186 Å². The molecular formula is C23H28N2O7. The van der Waals surface area contributed by atoms with E-state index in [0.29, 0.717) is 63.1 Å². The van der Waals surface area contributed by atoms with Crippen molar-refractivity contribution in [3.63, 3.8) is 0 Å². The second-order valence-corrected chi connectivity index (χ2v) is 8.78. The highest BCUT2D eigenvalue weighted by molar-refractivity contribution is 6.31. The van der Waals surface area contributed by atoms with Gasteiger partial charge in [-0.1, -0.05) is 6.42 Å². The molecule has 0 radical (unpaired) electrons. The number of carbonyl (C=O) groups is 3. The van der Waals surface area contributed by atoms with Gasteiger partial charge in [0.25, 0.3) is 5.91 Å². The van der Waals surface area contributed by atoms with E-state index in [0.717, 1.165) is 25.8 Å². The predicted molar refractivity (Wildman–Crippen MR) is 111 cm³/mol. The summed E-state index contributed by atoms with van der Waals surface area (Å²) in [6.45, 7) is 4.18. The molecule has 4 aliphatic rings. The molecule has 3 aliphatic heterocycles. The van der Waals surface area contributed by atoms with Gasteiger partial charge in [0, 0.05) is 31.7 Å². The molecule has 2 unspecified atom stereocenters. The molecule has 3 saturated heterocycles. The molecule has 1 amide bonds. The summed E-state index contributed by atoms with van der Waals surface area (Å²) in [6.07, 6.45) is 3.70. The first kappa shape index (κ1) is 21.2. The molecule has 1 aliphatic carbocycles. The van der Waals surface area contributed by atoms with Crippen molar-refractivity contribution in [3.05, 3.63) is 29.8 Å². The van der Waals surface area contributed by atoms with Crippen molar-refractivity contribution in [1.29, 1.82) is 0 Å². The second-order valence-electron chi connectivity index (χ2n) is 8.78. The minimum Gasteiger partial charge on any atom is -0.494 e. The highest BCUT2D eigenvalue weighted by atomic mass is 16.8. The van der Waals surface area contributed by atoms with Crippen LogP contribution in [0.2, 0.25) is 0 Å². The Balaban J connectivity index is 1.13. The van der Waals surface area contributed by atoms with Crippen LogP contribution in [0.4, 0.5) is 0 Å². The molecule has 1 spiro atoms. The Morgan fingerprint density at radius 3 is 2.50 bits per heavy atom. The maximum absolute atomic E-state index is 12.5. The first-order valence-electron chi connectivity index (χ1n) is 11.4. The third kappa shape index (κ3) is 3.84. The molecule has 9 heteroatoms. The third-order valence-electron chi connectivity index (χ3n) is 6.91. The number of fused-ring (bicyclic) bond motifs is 2. The molecule has 0 bridgehead atoms. The maximum Gasteiger partial charge on any atom is 0.421 e. The van der Waals surface area contributed by atoms with Crippen LogP contribution in [0.5, 0.6) is 5.75 Å². The summed E-state index contributed by atoms with van der Waals surface area (Å²) in [5.74, 6) is -1.89. The summed E-state index contributed by atoms with van der Waals surface area (Å²) in [5.41, 5.74) is 0.634. The van der Waals surface area contributed by atoms with Gasteiger partial charge in [-0.05, 0) is 49.4 Å². The predicted octanol–water partition coefficient (Wildman–Crippen LogP) is 1.41. The first-order chi connectivity index (χ1) is 15.6. The average molecular weight is 444 g/mol. The van der Waals surface area contributed by atoms with Crippen LogP contribution in [-0.2, 0) is 23.8 Å². The molecule has 4 fully saturated rings. The number of amides is 1. The Bertz CT molecular complexity index is 865. The van der Waals surface area contributed by atoms with Crippen LogP contribution in [-0.4, -0.2) is 79.6 Å². The molecule has 0 N–H and O–H groups in total. The topological polar surface area (TPSA) is 94.6 Å². The largest absolute Gasteiger partial charge is 0.494 e. The van der Waals surface area contributed by atoms with Crippen molar-refractivity contribution in [2.45, 2.75) is 31.6 Å². The lowest BCUT2D eigenvalue weighted by atomic mass is 9.97. The van der Waals surface area contributed by atoms with Crippen LogP contribution in [0, 0.1) is 11.8 Å². The number of hydrogen-bond donors (Lipinski definition) is 0. The van der Waals surface area contributed by atoms with Gasteiger partial charge >= 0.3 is 17.8 Å². The number of benzene rings is 1. The Morgan fingerprint density at radius 1 is 1.06 bits per heavy atom. The number of hydrogen-bond acceptors (Lipinski definition) is 8. The van der Waals surface area contributed by atoms with Crippen molar-refractivity contribution in [3.8, 4) is 5.75 Å². The normalized spacial score (nSPS) is 26.8. The molecule has 1 aromatic carbocycles. The van der Waals surface area contributed by atoms with Crippen molar-refractivity contribution >= 4 is 17.8 Å². The molecule has 172 valence electrons. The maximum atomic E-state index is 12.5. The van der Waals surface area contributed by atoms with Crippen molar-refractivity contribution in [1.82, 2.24) is 9.80 Å². The van der Waals surface area contributed by atoms with Gasteiger partial charge in [0.2, 0.25) is 0 Å². The van der Waals surface area contributed by atoms with Crippen molar-refractivity contribution in [2.24, 2.45) is 11.8 Å². The van der Waals surface area contributed by atoms with Gasteiger partial charge < -0.3 is 23.8 Å². The van der Waals surface area contributed by atoms with Crippen LogP contribution < -0.4 is 4.74 Å². The van der Waals surface area contributed by atoms with E-state index < -0.39 is 17.8 Å². The monoisotopic (exact) mass is 444 g/mol. The molecule has 1 saturated carbocycles. The van der Waals surface area contributed by atoms with Gasteiger partial charge in [-0.2, -0.15) is 0 Å². The fourth-order valence-electron chi connectivity index (χ4n) is 5.37. The Morgan fingerprint density at radius 2 is 1.78 bits per heavy atom. The lowest BCUT2D eigenvalue weighted by Crippen LogP contribution is -2.50. The summed E-state index contributed by atoms with van der Waals surface area (Å²) >= 11 is 0. The number of ether oxygens (including phenoxy) is 4. The summed E-state index contributed by atoms with van der Waals surface area (Å²) < 4.78 is 22.1. The summed E-state index contributed by atoms with van der Waals surface area (Å²) in [6, 6.07) is 7.16. The van der Waals surface area contributed by atoms with E-state index in [1.54, 1.807) is 29.2 Å². The standard InChI is InChI=1S/C23H28N2O7/c26-20(24-10-13-29-14-11-24)16-5-7-18(8-6-16)30-12-2-9-25-15-17-3-1-4-19(17)23(25)31-21(27)22(28)32-23/h5-8,17,19H,1-4,9-15H2. The van der Waals surface area contributed by atoms with E-state index in [1.165, 1.54) is 0 Å². The average Bonchev–Trinajstić information content (AvgIpc) is 3.48. The van der Waals surface area contributed by atoms with Gasteiger partial charge in [-0.3, -0.25) is 4.79 Å². The third-order valence-corrected chi connectivity index (χ3v) is 6.91. The van der Waals surface area contributed by atoms with Gasteiger partial charge in [0.1, 0.15) is 5.75 Å². The van der Waals surface area contributed by atoms with E-state index in [1.807, 2.05) is 4.90 Å². The molecule has 3 heterocycles. The number of rotatable bonds is 6. The number of carbonyl (C=O) groups excluding carboxylic acids is 3. The lowest BCUT2D eigenvalue weighted by molar-refractivity contribution is -0.256. The van der Waals surface area contributed by atoms with E-state index in [2.05, 4.69) is 0 Å². The molecule has 5 rings (SSSR count). The van der Waals surface area contributed by atoms with Gasteiger partial charge in [0.05, 0.1) is 25.7 Å². The molecule has 0 aromatic heterocycles. The number of nitrogens with zero attached hydrogens (tertiary/aromatic N) is 2. The van der Waals surface area contributed by atoms with Crippen molar-refractivity contribution < 1.29 is 33.3 Å². The van der Waals surface area contributed by atoms with Crippen LogP contribution in [0.15, 0.2) is 24.3 Å². The van der Waals surface area contributed by atoms with Gasteiger partial charge in [-0.25, -0.2) is 14.5 Å². The minimum absolute atomic E-state index is 0.00499. The quantitative estimate of drug-likeness (QED) is 0.369. The minimum atomic E-state index is -1.23. The van der Waals surface area contributed by atoms with E-state index in [4.69, 9.17) is 18.9 Å². The lowest BCUT2D eigenvalue weighted by Gasteiger charge is -2.34. The second kappa shape index (κ2) is 8.71. The molecule has 9 nitrogen and oxygen atoms in total. The number of morpholine rings is 1. The van der Waals surface area contributed by atoms with E-state index >= 15 is 0 Å². The van der Waals surface area contributed by atoms with Gasteiger partial charge in [0.15, 0.2) is 0 Å². The molecule has 32 heavy (non-hydrogen) atoms. The zero-order chi connectivity index (χ0) is 22.1. The van der Waals surface area contributed by atoms with Gasteiger partial charge in [-0.15, -0.1) is 0 Å². The smallest absolute Gasteiger partial charge is 0.421 e. The van der Waals surface area contributed by atoms with E-state index in [-0.39, 0.29) is 11.8 Å². The van der Waals surface area contributed by atoms with Crippen LogP contribution in [0.3, 0.4) is 0 Å². The van der Waals surface area contributed by atoms with Crippen LogP contribution >= 0.6 is 0 Å². The molecule has 2 atom stereocenters. The van der Waals surface area contributed by atoms with Crippen molar-refractivity contribution in [2.75, 3.05) is 46.0 Å². The zero-order valence-corrected chi connectivity index (χ0v) is 18.0. The molecule has 1 aromatic rings. The fourth-order valence-corrected chi connectivity index (χ4v) is 5.37.